The van der Waals surface area contributed by atoms with Crippen molar-refractivity contribution < 1.29 is 36.2 Å². The van der Waals surface area contributed by atoms with Crippen LogP contribution < -0.4 is 5.73 Å². The molecule has 3 nitrogen and oxygen atoms in total. The third-order valence-corrected chi connectivity index (χ3v) is 1.59. The molecule has 0 aliphatic rings. The van der Waals surface area contributed by atoms with Crippen molar-refractivity contribution in [2.45, 2.75) is 24.8 Å². The number of alkyl halides is 6. The first-order valence-electron chi connectivity index (χ1n) is 3.57. The molecule has 0 aromatic rings. The van der Waals surface area contributed by atoms with Crippen LogP contribution in [0.4, 0.5) is 26.3 Å². The van der Waals surface area contributed by atoms with E-state index in [9.17, 15) is 31.1 Å². The summed E-state index contributed by atoms with van der Waals surface area (Å²) in [5.41, 5.74) is 4.53. The molecule has 0 rings (SSSR count). The number of aliphatic carboxylic acids is 1. The van der Waals surface area contributed by atoms with E-state index in [4.69, 9.17) is 5.11 Å². The molecular weight excluding hydrogens is 232 g/mol. The average Bonchev–Trinajstić information content (AvgIpc) is 1.94. The summed E-state index contributed by atoms with van der Waals surface area (Å²) in [6.07, 6.45) is -12.7. The van der Waals surface area contributed by atoms with Crippen LogP contribution in [0.5, 0.6) is 0 Å². The van der Waals surface area contributed by atoms with Gasteiger partial charge in [-0.3, -0.25) is 4.79 Å². The summed E-state index contributed by atoms with van der Waals surface area (Å²) in [5, 5.41) is 8.12. The van der Waals surface area contributed by atoms with Gasteiger partial charge in [-0.2, -0.15) is 26.3 Å². The maximum atomic E-state index is 12.0. The minimum absolute atomic E-state index is 2.12. The molecular formula is C6H7F6NO2. The van der Waals surface area contributed by atoms with Crippen molar-refractivity contribution in [1.29, 1.82) is 0 Å². The van der Waals surface area contributed by atoms with Crippen molar-refractivity contribution in [2.24, 2.45) is 11.7 Å². The van der Waals surface area contributed by atoms with Gasteiger partial charge in [0.25, 0.3) is 0 Å². The van der Waals surface area contributed by atoms with Gasteiger partial charge in [-0.25, -0.2) is 0 Å². The average molecular weight is 239 g/mol. The van der Waals surface area contributed by atoms with Crippen LogP contribution in [-0.4, -0.2) is 29.5 Å². The fraction of sp³-hybridized carbons (Fsp3) is 0.833. The van der Waals surface area contributed by atoms with Crippen molar-refractivity contribution in [1.82, 2.24) is 0 Å². The molecule has 0 saturated carbocycles. The number of rotatable bonds is 3. The molecule has 0 aliphatic carbocycles. The van der Waals surface area contributed by atoms with E-state index in [1.165, 1.54) is 0 Å². The molecule has 0 radical (unpaired) electrons. The molecule has 9 heteroatoms. The van der Waals surface area contributed by atoms with Gasteiger partial charge in [0, 0.05) is 0 Å². The largest absolute Gasteiger partial charge is 0.480 e. The number of nitrogens with two attached hydrogens (primary N) is 1. The van der Waals surface area contributed by atoms with Crippen LogP contribution in [0.3, 0.4) is 0 Å². The molecule has 0 amide bonds. The second-order valence-corrected chi connectivity index (χ2v) is 2.83. The molecule has 0 heterocycles. The number of carbonyl (C=O) groups is 1. The van der Waals surface area contributed by atoms with Gasteiger partial charge in [0.1, 0.15) is 6.04 Å². The number of carboxylic acids is 1. The van der Waals surface area contributed by atoms with E-state index < -0.39 is 36.7 Å². The van der Waals surface area contributed by atoms with Crippen molar-refractivity contribution in [3.05, 3.63) is 0 Å². The maximum Gasteiger partial charge on any atom is 0.394 e. The summed E-state index contributed by atoms with van der Waals surface area (Å²) in [4.78, 5) is 10.1. The van der Waals surface area contributed by atoms with E-state index in [0.29, 0.717) is 0 Å². The van der Waals surface area contributed by atoms with Gasteiger partial charge in [-0.1, -0.05) is 0 Å². The van der Waals surface area contributed by atoms with Gasteiger partial charge in [-0.05, 0) is 0 Å². The zero-order valence-corrected chi connectivity index (χ0v) is 7.06. The number of halogens is 6. The van der Waals surface area contributed by atoms with Crippen LogP contribution in [-0.2, 0) is 4.79 Å². The number of carboxylic acid groups (broad SMARTS) is 1. The van der Waals surface area contributed by atoms with Gasteiger partial charge in [-0.15, -0.1) is 0 Å². The lowest BCUT2D eigenvalue weighted by Crippen LogP contribution is -2.47. The Kier molecular flexibility index (Phi) is 3.97. The van der Waals surface area contributed by atoms with E-state index in [0.717, 1.165) is 0 Å². The molecule has 0 fully saturated rings. The summed E-state index contributed by atoms with van der Waals surface area (Å²) in [6, 6.07) is -2.62. The molecule has 0 aromatic carbocycles. The van der Waals surface area contributed by atoms with Gasteiger partial charge in [0.15, 0.2) is 0 Å². The molecule has 0 aliphatic heterocycles. The first-order valence-corrected chi connectivity index (χ1v) is 3.57. The van der Waals surface area contributed by atoms with Crippen LogP contribution in [0.2, 0.25) is 0 Å². The van der Waals surface area contributed by atoms with Crippen LogP contribution in [0.25, 0.3) is 0 Å². The Balaban J connectivity index is 4.84. The quantitative estimate of drug-likeness (QED) is 0.734. The molecule has 15 heavy (non-hydrogen) atoms. The third-order valence-electron chi connectivity index (χ3n) is 1.59. The SMILES string of the molecule is NC(C(=O)O)C(CC(F)(F)F)C(F)(F)F. The second-order valence-electron chi connectivity index (χ2n) is 2.83. The zero-order valence-electron chi connectivity index (χ0n) is 7.06. The Labute approximate surface area is 79.9 Å². The highest BCUT2D eigenvalue weighted by Crippen LogP contribution is 2.37. The van der Waals surface area contributed by atoms with E-state index in [2.05, 4.69) is 5.73 Å². The highest BCUT2D eigenvalue weighted by atomic mass is 19.4. The summed E-state index contributed by atoms with van der Waals surface area (Å²) >= 11 is 0. The first-order chi connectivity index (χ1) is 6.45. The Hall–Kier alpha value is -0.990. The predicted octanol–water partition coefficient (Wildman–Crippen LogP) is 1.53. The van der Waals surface area contributed by atoms with Gasteiger partial charge < -0.3 is 10.8 Å². The highest BCUT2D eigenvalue weighted by Gasteiger charge is 2.51. The van der Waals surface area contributed by atoms with Crippen molar-refractivity contribution in [2.75, 3.05) is 0 Å². The minimum atomic E-state index is -5.30. The Morgan fingerprint density at radius 2 is 1.60 bits per heavy atom. The first kappa shape index (κ1) is 14.0. The Bertz CT molecular complexity index is 235. The standard InChI is InChI=1S/C6H7F6NO2/c7-5(8,9)1-2(6(10,11)12)3(13)4(14)15/h2-3H,1,13H2,(H,14,15). The topological polar surface area (TPSA) is 63.3 Å². The molecule has 0 spiro atoms. The molecule has 2 unspecified atom stereocenters. The molecule has 90 valence electrons. The molecule has 0 aromatic heterocycles. The summed E-state index contributed by atoms with van der Waals surface area (Å²) in [7, 11) is 0. The highest BCUT2D eigenvalue weighted by molar-refractivity contribution is 5.73. The van der Waals surface area contributed by atoms with E-state index in [-0.39, 0.29) is 0 Å². The summed E-state index contributed by atoms with van der Waals surface area (Å²) < 4.78 is 71.2. The van der Waals surface area contributed by atoms with Crippen LogP contribution >= 0.6 is 0 Å². The van der Waals surface area contributed by atoms with Crippen molar-refractivity contribution in [3.63, 3.8) is 0 Å². The van der Waals surface area contributed by atoms with Gasteiger partial charge >= 0.3 is 18.3 Å². The fourth-order valence-corrected chi connectivity index (χ4v) is 0.868. The van der Waals surface area contributed by atoms with Gasteiger partial charge in [0.05, 0.1) is 12.3 Å². The maximum absolute atomic E-state index is 12.0. The van der Waals surface area contributed by atoms with E-state index >= 15 is 0 Å². The second kappa shape index (κ2) is 4.25. The zero-order chi connectivity index (χ0) is 12.4. The lowest BCUT2D eigenvalue weighted by Gasteiger charge is -2.24. The summed E-state index contributed by atoms with van der Waals surface area (Å²) in [5.74, 6) is -5.25. The van der Waals surface area contributed by atoms with Crippen LogP contribution in [0, 0.1) is 5.92 Å². The predicted molar refractivity (Wildman–Crippen MR) is 35.8 cm³/mol. The Morgan fingerprint density at radius 3 is 1.80 bits per heavy atom. The molecule has 0 bridgehead atoms. The molecule has 0 saturated heterocycles. The molecule has 2 atom stereocenters. The lowest BCUT2D eigenvalue weighted by molar-refractivity contribution is -0.225. The van der Waals surface area contributed by atoms with Gasteiger partial charge in [0.2, 0.25) is 0 Å². The normalized spacial score (nSPS) is 17.3. The monoisotopic (exact) mass is 239 g/mol. The number of hydrogen-bond donors (Lipinski definition) is 2. The van der Waals surface area contributed by atoms with Crippen LogP contribution in [0.1, 0.15) is 6.42 Å². The number of hydrogen-bond acceptors (Lipinski definition) is 2. The van der Waals surface area contributed by atoms with Crippen LogP contribution in [0.15, 0.2) is 0 Å². The van der Waals surface area contributed by atoms with Crippen molar-refractivity contribution >= 4 is 5.97 Å². The summed E-state index contributed by atoms with van der Waals surface area (Å²) in [6.45, 7) is 0. The van der Waals surface area contributed by atoms with E-state index in [1.807, 2.05) is 0 Å². The smallest absolute Gasteiger partial charge is 0.394 e. The third kappa shape index (κ3) is 4.86. The minimum Gasteiger partial charge on any atom is -0.480 e. The van der Waals surface area contributed by atoms with E-state index in [1.54, 1.807) is 0 Å². The molecule has 3 N–H and O–H groups in total. The lowest BCUT2D eigenvalue weighted by atomic mass is 9.96. The fourth-order valence-electron chi connectivity index (χ4n) is 0.868. The van der Waals surface area contributed by atoms with Crippen molar-refractivity contribution in [3.8, 4) is 0 Å². The Morgan fingerprint density at radius 1 is 1.20 bits per heavy atom.